The summed E-state index contributed by atoms with van der Waals surface area (Å²) in [5, 5.41) is 5.41. The number of rotatable bonds is 2. The minimum absolute atomic E-state index is 0.247. The van der Waals surface area contributed by atoms with E-state index in [0.29, 0.717) is 12.1 Å². The maximum atomic E-state index is 12.0. The molecule has 0 N–H and O–H groups in total. The van der Waals surface area contributed by atoms with Crippen molar-refractivity contribution in [1.29, 1.82) is 0 Å². The van der Waals surface area contributed by atoms with Gasteiger partial charge in [0.1, 0.15) is 10.5 Å². The van der Waals surface area contributed by atoms with Crippen LogP contribution in [0.3, 0.4) is 0 Å². The van der Waals surface area contributed by atoms with Gasteiger partial charge in [0.15, 0.2) is 5.13 Å². The number of aryl methyl sites for hydroxylation is 1. The molecule has 3 aliphatic rings. The predicted octanol–water partition coefficient (Wildman–Crippen LogP) is 1.91. The van der Waals surface area contributed by atoms with E-state index in [4.69, 9.17) is 16.6 Å². The molecule has 0 aliphatic carbocycles. The summed E-state index contributed by atoms with van der Waals surface area (Å²) < 4.78 is 2.42. The zero-order valence-corrected chi connectivity index (χ0v) is 15.0. The number of nitrogens with zero attached hydrogens (tertiary/aromatic N) is 6. The van der Waals surface area contributed by atoms with Crippen molar-refractivity contribution < 1.29 is 0 Å². The van der Waals surface area contributed by atoms with Crippen LogP contribution in [0.5, 0.6) is 0 Å². The molecule has 6 rings (SSSR count). The van der Waals surface area contributed by atoms with Crippen LogP contribution in [-0.4, -0.2) is 44.9 Å². The Morgan fingerprint density at radius 1 is 1.28 bits per heavy atom. The molecular weight excluding hydrogens is 360 g/mol. The Morgan fingerprint density at radius 2 is 2.08 bits per heavy atom. The second kappa shape index (κ2) is 5.40. The zero-order chi connectivity index (χ0) is 17.1. The van der Waals surface area contributed by atoms with Crippen LogP contribution >= 0.6 is 22.9 Å². The molecule has 0 spiro atoms. The number of aromatic nitrogens is 4. The van der Waals surface area contributed by atoms with E-state index in [0.717, 1.165) is 40.5 Å². The lowest BCUT2D eigenvalue weighted by Crippen LogP contribution is -2.69. The number of piperazine rings is 1. The maximum Gasteiger partial charge on any atom is 0.287 e. The van der Waals surface area contributed by atoms with E-state index in [9.17, 15) is 4.79 Å². The number of pyridine rings is 1. The highest BCUT2D eigenvalue weighted by molar-refractivity contribution is 7.22. The lowest BCUT2D eigenvalue weighted by Gasteiger charge is -2.56. The molecule has 2 unspecified atom stereocenters. The number of anilines is 2. The van der Waals surface area contributed by atoms with Gasteiger partial charge in [-0.3, -0.25) is 9.78 Å². The maximum absolute atomic E-state index is 12.0. The van der Waals surface area contributed by atoms with Crippen molar-refractivity contribution in [3.8, 4) is 0 Å². The Kier molecular flexibility index (Phi) is 3.26. The third kappa shape index (κ3) is 2.24. The van der Waals surface area contributed by atoms with E-state index in [2.05, 4.69) is 19.9 Å². The van der Waals surface area contributed by atoms with E-state index in [-0.39, 0.29) is 10.6 Å². The van der Waals surface area contributed by atoms with Crippen molar-refractivity contribution in [3.63, 3.8) is 0 Å². The van der Waals surface area contributed by atoms with Gasteiger partial charge in [-0.25, -0.2) is 9.67 Å². The van der Waals surface area contributed by atoms with Crippen LogP contribution in [0.1, 0.15) is 6.42 Å². The van der Waals surface area contributed by atoms with Gasteiger partial charge in [-0.15, -0.1) is 0 Å². The Labute approximate surface area is 152 Å². The monoisotopic (exact) mass is 374 g/mol. The smallest absolute Gasteiger partial charge is 0.287 e. The molecule has 0 amide bonds. The van der Waals surface area contributed by atoms with Gasteiger partial charge >= 0.3 is 0 Å². The third-order valence-electron chi connectivity index (χ3n) is 4.99. The highest BCUT2D eigenvalue weighted by atomic mass is 35.5. The van der Waals surface area contributed by atoms with Crippen molar-refractivity contribution in [2.45, 2.75) is 18.5 Å². The lowest BCUT2D eigenvalue weighted by atomic mass is 9.88. The molecule has 3 aliphatic heterocycles. The molecule has 3 aromatic heterocycles. The molecule has 3 fully saturated rings. The average Bonchev–Trinajstić information content (AvgIpc) is 3.02. The van der Waals surface area contributed by atoms with Crippen LogP contribution < -0.4 is 15.4 Å². The van der Waals surface area contributed by atoms with Crippen LogP contribution in [0.4, 0.5) is 10.8 Å². The summed E-state index contributed by atoms with van der Waals surface area (Å²) in [6, 6.07) is 2.77. The lowest BCUT2D eigenvalue weighted by molar-refractivity contribution is 0.291. The van der Waals surface area contributed by atoms with Gasteiger partial charge in [0.05, 0.1) is 34.9 Å². The summed E-state index contributed by atoms with van der Waals surface area (Å²) in [5.41, 5.74) is 1.42. The highest BCUT2D eigenvalue weighted by Gasteiger charge is 2.46. The summed E-state index contributed by atoms with van der Waals surface area (Å²) in [4.78, 5) is 25.5. The molecule has 0 aromatic carbocycles. The van der Waals surface area contributed by atoms with Crippen molar-refractivity contribution in [2.24, 2.45) is 7.05 Å². The fourth-order valence-electron chi connectivity index (χ4n) is 3.72. The summed E-state index contributed by atoms with van der Waals surface area (Å²) in [6.07, 6.45) is 6.43. The summed E-state index contributed by atoms with van der Waals surface area (Å²) >= 11 is 7.96. The normalized spacial score (nSPS) is 22.3. The molecular formula is C16H15ClN6OS. The second-order valence-corrected chi connectivity index (χ2v) is 7.86. The number of thiazole rings is 1. The molecule has 7 nitrogen and oxygen atoms in total. The fourth-order valence-corrected chi connectivity index (χ4v) is 5.09. The molecule has 2 atom stereocenters. The summed E-state index contributed by atoms with van der Waals surface area (Å²) in [6.45, 7) is 1.64. The number of piperidine rings is 1. The van der Waals surface area contributed by atoms with Crippen LogP contribution in [0.15, 0.2) is 29.5 Å². The first-order chi connectivity index (χ1) is 12.1. The summed E-state index contributed by atoms with van der Waals surface area (Å²) in [5.74, 6) is 0. The minimum Gasteiger partial charge on any atom is -0.365 e. The molecule has 0 saturated carbocycles. The number of hydrogen-bond donors (Lipinski definition) is 0. The van der Waals surface area contributed by atoms with Gasteiger partial charge < -0.3 is 9.80 Å². The van der Waals surface area contributed by atoms with Crippen molar-refractivity contribution in [3.05, 3.63) is 40.0 Å². The van der Waals surface area contributed by atoms with Gasteiger partial charge in [-0.2, -0.15) is 5.10 Å². The van der Waals surface area contributed by atoms with Gasteiger partial charge in [0.25, 0.3) is 5.56 Å². The molecule has 25 heavy (non-hydrogen) atoms. The molecule has 128 valence electrons. The topological polar surface area (TPSA) is 67.2 Å². The second-order valence-electron chi connectivity index (χ2n) is 6.47. The first-order valence-electron chi connectivity index (χ1n) is 8.07. The van der Waals surface area contributed by atoms with Crippen LogP contribution in [0.25, 0.3) is 10.2 Å². The van der Waals surface area contributed by atoms with Crippen molar-refractivity contribution >= 4 is 44.0 Å². The van der Waals surface area contributed by atoms with Crippen molar-refractivity contribution in [1.82, 2.24) is 19.7 Å². The van der Waals surface area contributed by atoms with Gasteiger partial charge in [0, 0.05) is 26.3 Å². The van der Waals surface area contributed by atoms with Gasteiger partial charge in [-0.05, 0) is 12.5 Å². The van der Waals surface area contributed by atoms with E-state index < -0.39 is 0 Å². The molecule has 3 saturated heterocycles. The number of halogens is 1. The Morgan fingerprint density at radius 3 is 2.84 bits per heavy atom. The zero-order valence-electron chi connectivity index (χ0n) is 13.5. The first kappa shape index (κ1) is 15.1. The molecule has 6 heterocycles. The number of fused-ring (bicyclic) bond motifs is 3. The van der Waals surface area contributed by atoms with E-state index in [1.165, 1.54) is 4.68 Å². The SMILES string of the molecule is Cn1ncc(N2CC3CC(C2)N3c2nc3cnccc3s2)c(Cl)c1=O. The van der Waals surface area contributed by atoms with E-state index in [1.807, 2.05) is 12.3 Å². The Hall–Kier alpha value is -2.19. The van der Waals surface area contributed by atoms with Crippen LogP contribution in [0, 0.1) is 0 Å². The van der Waals surface area contributed by atoms with Crippen molar-refractivity contribution in [2.75, 3.05) is 22.9 Å². The molecule has 3 aromatic rings. The third-order valence-corrected chi connectivity index (χ3v) is 6.40. The standard InChI is InChI=1S/C16H15ClN6OS/c1-21-15(24)14(17)12(6-19-21)22-7-9-4-10(8-22)23(9)16-20-11-5-18-3-2-13(11)25-16/h2-3,5-6,9-10H,4,7-8H2,1H3. The largest absolute Gasteiger partial charge is 0.365 e. The van der Waals surface area contributed by atoms with Gasteiger partial charge in [-0.1, -0.05) is 22.9 Å². The molecule has 9 heteroatoms. The summed E-state index contributed by atoms with van der Waals surface area (Å²) in [7, 11) is 1.61. The average molecular weight is 375 g/mol. The Balaban J connectivity index is 1.42. The van der Waals surface area contributed by atoms with E-state index >= 15 is 0 Å². The van der Waals surface area contributed by atoms with Gasteiger partial charge in [0.2, 0.25) is 0 Å². The molecule has 0 radical (unpaired) electrons. The minimum atomic E-state index is -0.256. The first-order valence-corrected chi connectivity index (χ1v) is 9.27. The quantitative estimate of drug-likeness (QED) is 0.682. The van der Waals surface area contributed by atoms with E-state index in [1.54, 1.807) is 30.8 Å². The van der Waals surface area contributed by atoms with Crippen LogP contribution in [-0.2, 0) is 7.05 Å². The predicted molar refractivity (Wildman–Crippen MR) is 98.8 cm³/mol. The Bertz CT molecular complexity index is 988. The highest BCUT2D eigenvalue weighted by Crippen LogP contribution is 2.41. The number of hydrogen-bond acceptors (Lipinski definition) is 7. The van der Waals surface area contributed by atoms with Crippen LogP contribution in [0.2, 0.25) is 5.02 Å². The fraction of sp³-hybridized carbons (Fsp3) is 0.375. The molecule has 2 bridgehead atoms.